The number of thiophene rings is 1. The summed E-state index contributed by atoms with van der Waals surface area (Å²) in [5.41, 5.74) is 6.79. The van der Waals surface area contributed by atoms with E-state index in [1.165, 1.54) is 10.4 Å². The summed E-state index contributed by atoms with van der Waals surface area (Å²) < 4.78 is 0. The molecule has 0 bridgehead atoms. The number of nitrogens with one attached hydrogen (secondary N) is 2. The van der Waals surface area contributed by atoms with Crippen molar-refractivity contribution in [3.05, 3.63) is 26.6 Å². The number of amides is 1. The van der Waals surface area contributed by atoms with Gasteiger partial charge >= 0.3 is 0 Å². The molecule has 1 fully saturated rings. The van der Waals surface area contributed by atoms with Gasteiger partial charge in [-0.05, 0) is 43.6 Å². The van der Waals surface area contributed by atoms with Crippen LogP contribution in [0.15, 0.2) is 4.79 Å². The molecule has 1 atom stereocenters. The summed E-state index contributed by atoms with van der Waals surface area (Å²) in [4.78, 5) is 34.7. The van der Waals surface area contributed by atoms with Gasteiger partial charge in [0.05, 0.1) is 10.9 Å². The minimum atomic E-state index is -0.231. The van der Waals surface area contributed by atoms with Crippen molar-refractivity contribution >= 4 is 39.9 Å². The smallest absolute Gasteiger partial charge is 0.259 e. The molecule has 2 aromatic heterocycles. The van der Waals surface area contributed by atoms with E-state index in [1.807, 2.05) is 0 Å². The van der Waals surface area contributed by atoms with Crippen LogP contribution in [-0.4, -0.2) is 28.0 Å². The summed E-state index contributed by atoms with van der Waals surface area (Å²) >= 11 is 1.65. The van der Waals surface area contributed by atoms with Crippen molar-refractivity contribution in [2.75, 3.05) is 6.54 Å². The molecule has 0 spiro atoms. The van der Waals surface area contributed by atoms with E-state index in [4.69, 9.17) is 5.73 Å². The second kappa shape index (κ2) is 8.51. The molecule has 28 heavy (non-hydrogen) atoms. The SMILES string of the molecule is CC1CCc2c(sc3nc(CCC(=O)NC4(CN)CCCC4)[nH]c(=O)c23)C1.Cl. The molecule has 6 nitrogen and oxygen atoms in total. The average molecular weight is 425 g/mol. The number of aryl methyl sites for hydroxylation is 2. The molecule has 2 aliphatic rings. The van der Waals surface area contributed by atoms with Gasteiger partial charge in [0, 0.05) is 24.3 Å². The fourth-order valence-electron chi connectivity index (χ4n) is 4.53. The van der Waals surface area contributed by atoms with Gasteiger partial charge in [-0.1, -0.05) is 19.8 Å². The number of carbonyl (C=O) groups is 1. The molecular formula is C20H29ClN4O2S. The number of halogens is 1. The van der Waals surface area contributed by atoms with E-state index in [0.717, 1.165) is 55.2 Å². The van der Waals surface area contributed by atoms with Gasteiger partial charge in [0.1, 0.15) is 10.7 Å². The molecule has 8 heteroatoms. The van der Waals surface area contributed by atoms with Crippen LogP contribution >= 0.6 is 23.7 Å². The first-order valence-corrected chi connectivity index (χ1v) is 10.9. The van der Waals surface area contributed by atoms with Crippen LogP contribution in [0.4, 0.5) is 0 Å². The highest BCUT2D eigenvalue weighted by atomic mass is 35.5. The zero-order valence-corrected chi connectivity index (χ0v) is 17.9. The van der Waals surface area contributed by atoms with E-state index in [-0.39, 0.29) is 29.4 Å². The number of nitrogens with zero attached hydrogens (tertiary/aromatic N) is 1. The second-order valence-corrected chi connectivity index (χ2v) is 9.37. The maximum Gasteiger partial charge on any atom is 0.259 e. The number of hydrogen-bond donors (Lipinski definition) is 3. The average Bonchev–Trinajstić information content (AvgIpc) is 3.24. The van der Waals surface area contributed by atoms with Gasteiger partial charge in [0.2, 0.25) is 5.91 Å². The first-order chi connectivity index (χ1) is 13.0. The van der Waals surface area contributed by atoms with Gasteiger partial charge in [-0.2, -0.15) is 0 Å². The molecule has 0 aromatic carbocycles. The van der Waals surface area contributed by atoms with Gasteiger partial charge in [-0.3, -0.25) is 9.59 Å². The van der Waals surface area contributed by atoms with Crippen LogP contribution in [0.2, 0.25) is 0 Å². The van der Waals surface area contributed by atoms with Crippen molar-refractivity contribution in [2.45, 2.75) is 70.3 Å². The Hall–Kier alpha value is -1.44. The summed E-state index contributed by atoms with van der Waals surface area (Å²) in [5.74, 6) is 1.25. The van der Waals surface area contributed by atoms with Crippen molar-refractivity contribution in [1.82, 2.24) is 15.3 Å². The molecule has 2 aliphatic carbocycles. The van der Waals surface area contributed by atoms with Crippen LogP contribution < -0.4 is 16.6 Å². The quantitative estimate of drug-likeness (QED) is 0.686. The van der Waals surface area contributed by atoms with E-state index >= 15 is 0 Å². The Labute approximate surface area is 175 Å². The Kier molecular flexibility index (Phi) is 6.47. The summed E-state index contributed by atoms with van der Waals surface area (Å²) in [6.07, 6.45) is 8.03. The molecule has 154 valence electrons. The van der Waals surface area contributed by atoms with E-state index in [1.54, 1.807) is 11.3 Å². The second-order valence-electron chi connectivity index (χ2n) is 8.28. The Morgan fingerprint density at radius 3 is 2.86 bits per heavy atom. The van der Waals surface area contributed by atoms with Crippen molar-refractivity contribution in [2.24, 2.45) is 11.7 Å². The molecule has 1 amide bonds. The van der Waals surface area contributed by atoms with Crippen molar-refractivity contribution in [3.8, 4) is 0 Å². The molecule has 4 N–H and O–H groups in total. The van der Waals surface area contributed by atoms with Crippen LogP contribution in [0.3, 0.4) is 0 Å². The van der Waals surface area contributed by atoms with Crippen LogP contribution in [0.25, 0.3) is 10.2 Å². The van der Waals surface area contributed by atoms with Crippen LogP contribution in [0.1, 0.15) is 61.7 Å². The molecule has 2 aromatic rings. The number of hydrogen-bond acceptors (Lipinski definition) is 5. The predicted molar refractivity (Wildman–Crippen MR) is 115 cm³/mol. The first-order valence-electron chi connectivity index (χ1n) is 10.0. The Morgan fingerprint density at radius 1 is 1.39 bits per heavy atom. The van der Waals surface area contributed by atoms with E-state index in [0.29, 0.717) is 31.1 Å². The Bertz CT molecular complexity index is 917. The van der Waals surface area contributed by atoms with Gasteiger partial charge in [0.25, 0.3) is 5.56 Å². The topological polar surface area (TPSA) is 101 Å². The zero-order chi connectivity index (χ0) is 19.0. The van der Waals surface area contributed by atoms with E-state index < -0.39 is 0 Å². The molecule has 2 heterocycles. The van der Waals surface area contributed by atoms with E-state index in [9.17, 15) is 9.59 Å². The first kappa shape index (κ1) is 21.3. The molecule has 4 rings (SSSR count). The monoisotopic (exact) mass is 424 g/mol. The van der Waals surface area contributed by atoms with Crippen LogP contribution in [0.5, 0.6) is 0 Å². The maximum atomic E-state index is 12.6. The third-order valence-corrected chi connectivity index (χ3v) is 7.31. The number of fused-ring (bicyclic) bond motifs is 3. The molecule has 0 aliphatic heterocycles. The highest BCUT2D eigenvalue weighted by molar-refractivity contribution is 7.18. The summed E-state index contributed by atoms with van der Waals surface area (Å²) in [7, 11) is 0. The standard InChI is InChI=1S/C20H28N4O2S.ClH/c1-12-4-5-13-14(10-12)27-19-17(13)18(26)22-15(23-19)6-7-16(25)24-20(11-21)8-2-3-9-20;/h12H,2-11,21H2,1H3,(H,24,25)(H,22,23,26);1H. The normalized spacial score (nSPS) is 20.6. The number of carbonyl (C=O) groups excluding carboxylic acids is 1. The minimum absolute atomic E-state index is 0. The van der Waals surface area contributed by atoms with E-state index in [2.05, 4.69) is 22.2 Å². The van der Waals surface area contributed by atoms with Gasteiger partial charge in [-0.25, -0.2) is 4.98 Å². The fraction of sp³-hybridized carbons (Fsp3) is 0.650. The van der Waals surface area contributed by atoms with Crippen molar-refractivity contribution in [1.29, 1.82) is 0 Å². The van der Waals surface area contributed by atoms with Crippen LogP contribution in [0, 0.1) is 5.92 Å². The highest BCUT2D eigenvalue weighted by Gasteiger charge is 2.33. The van der Waals surface area contributed by atoms with Gasteiger partial charge in [0.15, 0.2) is 0 Å². The van der Waals surface area contributed by atoms with Gasteiger partial charge < -0.3 is 16.0 Å². The molecule has 0 radical (unpaired) electrons. The Balaban J connectivity index is 0.00000225. The lowest BCUT2D eigenvalue weighted by Crippen LogP contribution is -2.51. The summed E-state index contributed by atoms with van der Waals surface area (Å²) in [5, 5.41) is 3.89. The van der Waals surface area contributed by atoms with Gasteiger partial charge in [-0.15, -0.1) is 23.7 Å². The summed E-state index contributed by atoms with van der Waals surface area (Å²) in [6, 6.07) is 0. The number of aromatic nitrogens is 2. The number of aromatic amines is 1. The predicted octanol–water partition coefficient (Wildman–Crippen LogP) is 2.85. The lowest BCUT2D eigenvalue weighted by molar-refractivity contribution is -0.122. The number of H-pyrrole nitrogens is 1. The van der Waals surface area contributed by atoms with Crippen molar-refractivity contribution < 1.29 is 4.79 Å². The number of rotatable bonds is 5. The molecule has 1 saturated carbocycles. The van der Waals surface area contributed by atoms with Crippen molar-refractivity contribution in [3.63, 3.8) is 0 Å². The highest BCUT2D eigenvalue weighted by Crippen LogP contribution is 2.35. The lowest BCUT2D eigenvalue weighted by atomic mass is 9.89. The third-order valence-electron chi connectivity index (χ3n) is 6.16. The largest absolute Gasteiger partial charge is 0.349 e. The Morgan fingerprint density at radius 2 is 2.14 bits per heavy atom. The zero-order valence-electron chi connectivity index (χ0n) is 16.3. The minimum Gasteiger partial charge on any atom is -0.349 e. The summed E-state index contributed by atoms with van der Waals surface area (Å²) in [6.45, 7) is 2.74. The maximum absolute atomic E-state index is 12.6. The fourth-order valence-corrected chi connectivity index (χ4v) is 5.94. The third kappa shape index (κ3) is 4.11. The lowest BCUT2D eigenvalue weighted by Gasteiger charge is -2.28. The van der Waals surface area contributed by atoms with Crippen LogP contribution in [-0.2, 0) is 24.1 Å². The number of nitrogens with two attached hydrogens (primary N) is 1. The molecule has 0 saturated heterocycles. The molecular weight excluding hydrogens is 396 g/mol. The molecule has 1 unspecified atom stereocenters.